The molecule has 3 rings (SSSR count). The Balaban J connectivity index is 2.50. The highest BCUT2D eigenvalue weighted by Gasteiger charge is 2.74. The number of phenols is 1. The lowest BCUT2D eigenvalue weighted by atomic mass is 9.37. The molecule has 1 aromatic rings. The van der Waals surface area contributed by atoms with Gasteiger partial charge in [0.1, 0.15) is 22.5 Å². The van der Waals surface area contributed by atoms with Gasteiger partial charge in [0, 0.05) is 5.56 Å². The Kier molecular flexibility index (Phi) is 10.3. The van der Waals surface area contributed by atoms with Gasteiger partial charge in [-0.05, 0) is 117 Å². The summed E-state index contributed by atoms with van der Waals surface area (Å²) in [4.78, 5) is 44.9. The largest absolute Gasteiger partial charge is 0.508 e. The lowest BCUT2D eigenvalue weighted by Crippen LogP contribution is -2.70. The second kappa shape index (κ2) is 13.0. The van der Waals surface area contributed by atoms with Crippen molar-refractivity contribution in [3.63, 3.8) is 0 Å². The van der Waals surface area contributed by atoms with Crippen LogP contribution in [0.4, 0.5) is 0 Å². The maximum Gasteiger partial charge on any atom is 0.184 e. The molecule has 2 saturated carbocycles. The molecule has 0 aromatic heterocycles. The van der Waals surface area contributed by atoms with Crippen molar-refractivity contribution in [1.29, 1.82) is 0 Å². The third-order valence-electron chi connectivity index (χ3n) is 9.63. The molecule has 1 aromatic carbocycles. The summed E-state index contributed by atoms with van der Waals surface area (Å²) in [6.07, 6.45) is 10.7. The summed E-state index contributed by atoms with van der Waals surface area (Å²) in [5.41, 5.74) is 0.267. The molecular formula is C38H50O5. The van der Waals surface area contributed by atoms with Crippen LogP contribution in [-0.2, 0) is 14.4 Å². The number of fused-ring (bicyclic) bond motifs is 2. The van der Waals surface area contributed by atoms with Gasteiger partial charge in [-0.25, -0.2) is 0 Å². The van der Waals surface area contributed by atoms with E-state index in [9.17, 15) is 15.0 Å². The fourth-order valence-electron chi connectivity index (χ4n) is 7.10. The highest BCUT2D eigenvalue weighted by Crippen LogP contribution is 2.67. The van der Waals surface area contributed by atoms with E-state index >= 15 is 9.59 Å². The van der Waals surface area contributed by atoms with Crippen LogP contribution in [0.1, 0.15) is 106 Å². The molecular weight excluding hydrogens is 536 g/mol. The zero-order valence-electron chi connectivity index (χ0n) is 27.6. The third-order valence-corrected chi connectivity index (χ3v) is 9.63. The van der Waals surface area contributed by atoms with E-state index in [1.165, 1.54) is 12.1 Å². The lowest BCUT2D eigenvalue weighted by Gasteiger charge is -2.61. The zero-order valence-corrected chi connectivity index (χ0v) is 27.6. The first kappa shape index (κ1) is 34.0. The topological polar surface area (TPSA) is 91.7 Å². The minimum atomic E-state index is -1.55. The molecule has 4 atom stereocenters. The number of Topliss-reactive ketones (excluding diaryl/α,β-unsaturated/α-hetero) is 3. The Bertz CT molecular complexity index is 1430. The van der Waals surface area contributed by atoms with Crippen LogP contribution in [0.5, 0.6) is 5.75 Å². The standard InChI is InChI=1S/C38H50O5/c1-24(2)12-11-19-36(9)29(16-15-25(3)4)23-37(20-17-26(5)6)33(41)31(32(40)28-13-10-14-30(39)22-28)34(42)38(36,35(37)43)21-18-27(7)8/h10,12-15,17-18,22,29,39-40H,11,16,19-21,23H2,1-9H3/t29-,36-,37-,38+/m0/s1. The van der Waals surface area contributed by atoms with Crippen LogP contribution < -0.4 is 0 Å². The van der Waals surface area contributed by atoms with Crippen molar-refractivity contribution in [2.24, 2.45) is 22.2 Å². The Morgan fingerprint density at radius 3 is 1.98 bits per heavy atom. The number of ketones is 3. The van der Waals surface area contributed by atoms with E-state index in [0.717, 1.165) is 22.3 Å². The molecule has 232 valence electrons. The van der Waals surface area contributed by atoms with Crippen LogP contribution in [0.15, 0.2) is 76.4 Å². The molecule has 43 heavy (non-hydrogen) atoms. The number of phenolic OH excluding ortho intramolecular Hbond substituents is 1. The summed E-state index contributed by atoms with van der Waals surface area (Å²) in [7, 11) is 0. The van der Waals surface area contributed by atoms with E-state index < -0.39 is 33.6 Å². The lowest BCUT2D eigenvalue weighted by molar-refractivity contribution is -0.178. The second-order valence-electron chi connectivity index (χ2n) is 13.9. The van der Waals surface area contributed by atoms with E-state index in [2.05, 4.69) is 19.1 Å². The number of rotatable bonds is 10. The second-order valence-corrected chi connectivity index (χ2v) is 13.9. The fourth-order valence-corrected chi connectivity index (χ4v) is 7.10. The number of carbonyl (C=O) groups is 3. The van der Waals surface area contributed by atoms with Crippen LogP contribution in [0.3, 0.4) is 0 Å². The van der Waals surface area contributed by atoms with Crippen molar-refractivity contribution in [2.45, 2.75) is 101 Å². The summed E-state index contributed by atoms with van der Waals surface area (Å²) in [5, 5.41) is 21.8. The molecule has 0 radical (unpaired) electrons. The molecule has 0 spiro atoms. The predicted octanol–water partition coefficient (Wildman–Crippen LogP) is 9.20. The smallest absolute Gasteiger partial charge is 0.184 e. The Labute approximate surface area is 258 Å². The number of allylic oxidation sites excluding steroid dienone is 9. The number of hydrogen-bond donors (Lipinski definition) is 2. The van der Waals surface area contributed by atoms with Gasteiger partial charge in [0.2, 0.25) is 0 Å². The number of aliphatic hydroxyl groups excluding tert-OH is 1. The molecule has 5 nitrogen and oxygen atoms in total. The minimum Gasteiger partial charge on any atom is -0.508 e. The molecule has 2 bridgehead atoms. The molecule has 0 amide bonds. The zero-order chi connectivity index (χ0) is 32.3. The van der Waals surface area contributed by atoms with E-state index in [4.69, 9.17) is 0 Å². The number of carbonyl (C=O) groups excluding carboxylic acids is 3. The fraction of sp³-hybridized carbons (Fsp3) is 0.500. The van der Waals surface area contributed by atoms with Gasteiger partial charge >= 0.3 is 0 Å². The van der Waals surface area contributed by atoms with Crippen LogP contribution in [-0.4, -0.2) is 27.6 Å². The van der Waals surface area contributed by atoms with Crippen molar-refractivity contribution in [3.8, 4) is 5.75 Å². The van der Waals surface area contributed by atoms with Crippen LogP contribution >= 0.6 is 0 Å². The van der Waals surface area contributed by atoms with Crippen molar-refractivity contribution >= 4 is 23.1 Å². The molecule has 2 aliphatic carbocycles. The quantitative estimate of drug-likeness (QED) is 0.0937. The SMILES string of the molecule is CC(C)=CCC[C@@]1(C)[C@@H](CC=C(C)C)C[C@@]2(CC=C(C)C)C(=O)C(=C(O)c3cccc(O)c3)C(=O)[C@]1(CC=C(C)C)C2=O. The minimum absolute atomic E-state index is 0.0940. The molecule has 2 aliphatic rings. The highest BCUT2D eigenvalue weighted by molar-refractivity contribution is 6.41. The van der Waals surface area contributed by atoms with Crippen LogP contribution in [0, 0.1) is 22.2 Å². The van der Waals surface area contributed by atoms with E-state index in [1.807, 2.05) is 67.5 Å². The Morgan fingerprint density at radius 2 is 1.42 bits per heavy atom. The summed E-state index contributed by atoms with van der Waals surface area (Å²) < 4.78 is 0. The van der Waals surface area contributed by atoms with Crippen LogP contribution in [0.25, 0.3) is 5.76 Å². The highest BCUT2D eigenvalue weighted by atomic mass is 16.3. The maximum absolute atomic E-state index is 15.2. The van der Waals surface area contributed by atoms with Crippen molar-refractivity contribution in [2.75, 3.05) is 0 Å². The molecule has 0 heterocycles. The normalized spacial score (nSPS) is 27.7. The first-order valence-corrected chi connectivity index (χ1v) is 15.4. The van der Waals surface area contributed by atoms with Gasteiger partial charge in [-0.3, -0.25) is 14.4 Å². The molecule has 2 N–H and O–H groups in total. The van der Waals surface area contributed by atoms with Crippen LogP contribution in [0.2, 0.25) is 0 Å². The first-order chi connectivity index (χ1) is 20.0. The molecule has 0 aliphatic heterocycles. The monoisotopic (exact) mass is 586 g/mol. The van der Waals surface area contributed by atoms with Crippen molar-refractivity contribution < 1.29 is 24.6 Å². The van der Waals surface area contributed by atoms with Gasteiger partial charge in [0.25, 0.3) is 0 Å². The van der Waals surface area contributed by atoms with Gasteiger partial charge in [0.15, 0.2) is 17.3 Å². The van der Waals surface area contributed by atoms with Gasteiger partial charge < -0.3 is 10.2 Å². The molecule has 0 unspecified atom stereocenters. The summed E-state index contributed by atoms with van der Waals surface area (Å²) in [6, 6.07) is 5.92. The third kappa shape index (κ3) is 6.27. The van der Waals surface area contributed by atoms with Gasteiger partial charge in [0.05, 0.1) is 5.41 Å². The first-order valence-electron chi connectivity index (χ1n) is 15.4. The van der Waals surface area contributed by atoms with Crippen molar-refractivity contribution in [1.82, 2.24) is 0 Å². The van der Waals surface area contributed by atoms with Gasteiger partial charge in [-0.15, -0.1) is 0 Å². The summed E-state index contributed by atoms with van der Waals surface area (Å²) in [5.74, 6) is -2.22. The van der Waals surface area contributed by atoms with E-state index in [-0.39, 0.29) is 41.4 Å². The Morgan fingerprint density at radius 1 is 0.837 bits per heavy atom. The summed E-state index contributed by atoms with van der Waals surface area (Å²) in [6.45, 7) is 18.0. The number of aliphatic hydroxyl groups is 1. The number of aromatic hydroxyl groups is 1. The van der Waals surface area contributed by atoms with E-state index in [1.54, 1.807) is 12.1 Å². The molecule has 2 fully saturated rings. The number of benzene rings is 1. The maximum atomic E-state index is 15.2. The summed E-state index contributed by atoms with van der Waals surface area (Å²) >= 11 is 0. The molecule has 0 saturated heterocycles. The Hall–Kier alpha value is -3.47. The van der Waals surface area contributed by atoms with E-state index in [0.29, 0.717) is 25.7 Å². The predicted molar refractivity (Wildman–Crippen MR) is 175 cm³/mol. The number of hydrogen-bond acceptors (Lipinski definition) is 5. The van der Waals surface area contributed by atoms with Gasteiger partial charge in [-0.1, -0.05) is 65.7 Å². The van der Waals surface area contributed by atoms with Gasteiger partial charge in [-0.2, -0.15) is 0 Å². The average molecular weight is 587 g/mol. The van der Waals surface area contributed by atoms with Crippen molar-refractivity contribution in [3.05, 3.63) is 82.0 Å². The molecule has 5 heteroatoms. The average Bonchev–Trinajstić information content (AvgIpc) is 2.91.